The standard InChI is InChI=1S/C15H15N2O2/c1-18-14-7-3-12(4-8-14)16-11-17-13-5-9-15(19-2)10-6-13/h3-10H,1-2H3,(H,16,17)/q-1. The summed E-state index contributed by atoms with van der Waals surface area (Å²) in [7, 11) is 3.27. The van der Waals surface area contributed by atoms with Gasteiger partial charge in [0.1, 0.15) is 11.5 Å². The molecule has 19 heavy (non-hydrogen) atoms. The van der Waals surface area contributed by atoms with E-state index in [0.717, 1.165) is 22.9 Å². The maximum atomic E-state index is 5.08. The molecule has 0 saturated carbocycles. The quantitative estimate of drug-likeness (QED) is 0.385. The minimum atomic E-state index is 0.807. The van der Waals surface area contributed by atoms with Gasteiger partial charge in [-0.1, -0.05) is 30.0 Å². The average Bonchev–Trinajstić information content (AvgIpc) is 2.49. The number of methoxy groups -OCH3 is 2. The molecule has 0 spiro atoms. The summed E-state index contributed by atoms with van der Waals surface area (Å²) in [6.07, 6.45) is 2.79. The van der Waals surface area contributed by atoms with E-state index in [4.69, 9.17) is 9.47 Å². The second-order valence-corrected chi connectivity index (χ2v) is 3.78. The largest absolute Gasteiger partial charge is 0.497 e. The molecule has 0 heterocycles. The highest BCUT2D eigenvalue weighted by atomic mass is 16.5. The highest BCUT2D eigenvalue weighted by molar-refractivity contribution is 5.78. The molecule has 4 nitrogen and oxygen atoms in total. The Hall–Kier alpha value is -2.49. The molecule has 0 aliphatic carbocycles. The van der Waals surface area contributed by atoms with Crippen molar-refractivity contribution >= 4 is 17.7 Å². The Morgan fingerprint density at radius 1 is 0.842 bits per heavy atom. The summed E-state index contributed by atoms with van der Waals surface area (Å²) in [6.45, 7) is 0. The smallest absolute Gasteiger partial charge is 0.116 e. The van der Waals surface area contributed by atoms with Crippen molar-refractivity contribution in [2.75, 3.05) is 19.5 Å². The molecule has 0 saturated heterocycles. The summed E-state index contributed by atoms with van der Waals surface area (Å²) in [6, 6.07) is 15.0. The number of nitrogens with one attached hydrogen (secondary N) is 1. The van der Waals surface area contributed by atoms with Crippen LogP contribution < -0.4 is 14.8 Å². The third-order valence-electron chi connectivity index (χ3n) is 2.55. The first-order chi connectivity index (χ1) is 9.31. The van der Waals surface area contributed by atoms with Gasteiger partial charge in [-0.15, -0.1) is 0 Å². The second kappa shape index (κ2) is 6.44. The van der Waals surface area contributed by atoms with Gasteiger partial charge >= 0.3 is 0 Å². The fourth-order valence-electron chi connectivity index (χ4n) is 1.49. The summed E-state index contributed by atoms with van der Waals surface area (Å²) in [5.41, 5.74) is 1.71. The molecule has 0 amide bonds. The summed E-state index contributed by atoms with van der Waals surface area (Å²) in [4.78, 5) is 4.17. The molecule has 1 N–H and O–H groups in total. The fourth-order valence-corrected chi connectivity index (χ4v) is 1.49. The third-order valence-corrected chi connectivity index (χ3v) is 2.55. The maximum Gasteiger partial charge on any atom is 0.116 e. The molecule has 0 aliphatic rings. The monoisotopic (exact) mass is 255 g/mol. The predicted octanol–water partition coefficient (Wildman–Crippen LogP) is 3.35. The number of rotatable bonds is 5. The van der Waals surface area contributed by atoms with Crippen LogP contribution in [0, 0.1) is 0 Å². The first kappa shape index (κ1) is 13.0. The zero-order valence-corrected chi connectivity index (χ0v) is 10.9. The van der Waals surface area contributed by atoms with Crippen molar-refractivity contribution in [3.63, 3.8) is 0 Å². The van der Waals surface area contributed by atoms with Crippen LogP contribution in [0.2, 0.25) is 0 Å². The lowest BCUT2D eigenvalue weighted by Crippen LogP contribution is -1.94. The van der Waals surface area contributed by atoms with Crippen molar-refractivity contribution in [1.29, 1.82) is 0 Å². The topological polar surface area (TPSA) is 42.8 Å². The molecule has 0 unspecified atom stereocenters. The summed E-state index contributed by atoms with van der Waals surface area (Å²) in [5.74, 6) is 1.62. The number of aliphatic imine (C=N–C) groups is 1. The van der Waals surface area contributed by atoms with Crippen molar-refractivity contribution in [2.45, 2.75) is 0 Å². The normalized spacial score (nSPS) is 10.4. The fraction of sp³-hybridized carbons (Fsp3) is 0.133. The van der Waals surface area contributed by atoms with Crippen molar-refractivity contribution in [3.8, 4) is 11.5 Å². The van der Waals surface area contributed by atoms with Crippen molar-refractivity contribution in [3.05, 3.63) is 48.5 Å². The number of ether oxygens (including phenoxy) is 2. The zero-order chi connectivity index (χ0) is 13.5. The van der Waals surface area contributed by atoms with Gasteiger partial charge in [-0.3, -0.25) is 0 Å². The average molecular weight is 255 g/mol. The minimum Gasteiger partial charge on any atom is -0.497 e. The molecular formula is C15H15N2O2-. The van der Waals surface area contributed by atoms with Crippen molar-refractivity contribution in [1.82, 2.24) is 0 Å². The molecule has 0 aromatic heterocycles. The lowest BCUT2D eigenvalue weighted by atomic mass is 10.3. The molecule has 98 valence electrons. The number of hydrogen-bond donors (Lipinski definition) is 1. The summed E-state index contributed by atoms with van der Waals surface area (Å²) in [5, 5.41) is 2.97. The first-order valence-corrected chi connectivity index (χ1v) is 5.81. The van der Waals surface area contributed by atoms with Gasteiger partial charge in [0.05, 0.1) is 14.2 Å². The van der Waals surface area contributed by atoms with E-state index in [1.807, 2.05) is 48.5 Å². The van der Waals surface area contributed by atoms with Crippen LogP contribution in [-0.2, 0) is 0 Å². The molecule has 0 bridgehead atoms. The second-order valence-electron chi connectivity index (χ2n) is 3.78. The van der Waals surface area contributed by atoms with Crippen LogP contribution in [0.3, 0.4) is 0 Å². The van der Waals surface area contributed by atoms with E-state index in [9.17, 15) is 0 Å². The van der Waals surface area contributed by atoms with Crippen molar-refractivity contribution in [2.24, 2.45) is 4.99 Å². The number of hydrogen-bond acceptors (Lipinski definition) is 3. The molecule has 0 atom stereocenters. The Kier molecular flexibility index (Phi) is 4.39. The molecule has 0 fully saturated rings. The molecule has 0 radical (unpaired) electrons. The van der Waals surface area contributed by atoms with Crippen LogP contribution in [-0.4, -0.2) is 20.6 Å². The van der Waals surface area contributed by atoms with Gasteiger partial charge in [-0.2, -0.15) is 0 Å². The van der Waals surface area contributed by atoms with Crippen LogP contribution in [0.4, 0.5) is 11.4 Å². The molecule has 2 aromatic rings. The summed E-state index contributed by atoms with van der Waals surface area (Å²) < 4.78 is 10.2. The molecule has 0 aliphatic heterocycles. The van der Waals surface area contributed by atoms with Gasteiger partial charge in [-0.05, 0) is 30.0 Å². The Labute approximate surface area is 112 Å². The van der Waals surface area contributed by atoms with Crippen LogP contribution in [0.25, 0.3) is 0 Å². The van der Waals surface area contributed by atoms with Gasteiger partial charge in [0.2, 0.25) is 0 Å². The summed E-state index contributed by atoms with van der Waals surface area (Å²) >= 11 is 0. The predicted molar refractivity (Wildman–Crippen MR) is 76.7 cm³/mol. The van der Waals surface area contributed by atoms with Crippen LogP contribution in [0.5, 0.6) is 11.5 Å². The van der Waals surface area contributed by atoms with Crippen LogP contribution >= 0.6 is 0 Å². The lowest BCUT2D eigenvalue weighted by Gasteiger charge is -2.09. The van der Waals surface area contributed by atoms with Gasteiger partial charge in [0, 0.05) is 6.34 Å². The van der Waals surface area contributed by atoms with Gasteiger partial charge < -0.3 is 19.8 Å². The molecule has 2 aromatic carbocycles. The van der Waals surface area contributed by atoms with E-state index in [2.05, 4.69) is 16.6 Å². The minimum absolute atomic E-state index is 0.807. The van der Waals surface area contributed by atoms with E-state index < -0.39 is 0 Å². The van der Waals surface area contributed by atoms with Gasteiger partial charge in [-0.25, -0.2) is 0 Å². The number of nitrogens with zero attached hydrogens (tertiary/aromatic N) is 1. The third kappa shape index (κ3) is 3.74. The Balaban J connectivity index is 1.94. The zero-order valence-electron chi connectivity index (χ0n) is 10.9. The Morgan fingerprint density at radius 3 is 1.89 bits per heavy atom. The maximum absolute atomic E-state index is 5.08. The first-order valence-electron chi connectivity index (χ1n) is 5.81. The van der Waals surface area contributed by atoms with Gasteiger partial charge in [0.25, 0.3) is 0 Å². The lowest BCUT2D eigenvalue weighted by molar-refractivity contribution is 0.415. The van der Waals surface area contributed by atoms with E-state index in [-0.39, 0.29) is 0 Å². The van der Waals surface area contributed by atoms with Crippen molar-refractivity contribution < 1.29 is 9.47 Å². The highest BCUT2D eigenvalue weighted by Gasteiger charge is 1.87. The van der Waals surface area contributed by atoms with E-state index in [0.29, 0.717) is 0 Å². The Bertz CT molecular complexity index is 533. The molecule has 2 rings (SSSR count). The number of anilines is 1. The van der Waals surface area contributed by atoms with Crippen LogP contribution in [0.1, 0.15) is 0 Å². The molecule has 4 heteroatoms. The van der Waals surface area contributed by atoms with Gasteiger partial charge in [0.15, 0.2) is 0 Å². The SMILES string of the molecule is COc1ccc(N=[C-]Nc2ccc(OC)cc2)cc1. The van der Waals surface area contributed by atoms with E-state index >= 15 is 0 Å². The van der Waals surface area contributed by atoms with E-state index in [1.165, 1.54) is 0 Å². The Morgan fingerprint density at radius 2 is 1.37 bits per heavy atom. The highest BCUT2D eigenvalue weighted by Crippen LogP contribution is 2.17. The van der Waals surface area contributed by atoms with Crippen LogP contribution in [0.15, 0.2) is 53.5 Å². The molecular weight excluding hydrogens is 240 g/mol. The number of benzene rings is 2. The van der Waals surface area contributed by atoms with E-state index in [1.54, 1.807) is 14.2 Å².